The zero-order valence-corrected chi connectivity index (χ0v) is 36.8. The standard InChI is InChI=1S/C46H78NO10P/c1-3-5-7-9-11-13-15-17-19-20-21-22-24-25-27-29-31-33-35-37-44(48)54-39-42(40-55-58(52,53)56-41-43(47)46(50)51)57-45(49)38-36-34-32-30-28-26-23-18-16-14-12-10-8-6-4-2/h11,13-14,16-17,19,21-22,25,27,31,33,42-43H,3-10,12,15,18,20,23-24,26,28-30,32,34-41,47H2,1-2H3,(H,50,51)(H,52,53)/b13-11-,16-14-,19-17-,22-21-,27-25-,33-31-/t42-,43+/m1/s1. The molecule has 58 heavy (non-hydrogen) atoms. The minimum atomic E-state index is -4.74. The Labute approximate surface area is 350 Å². The lowest BCUT2D eigenvalue weighted by Gasteiger charge is -2.20. The van der Waals surface area contributed by atoms with Crippen LogP contribution in [0.4, 0.5) is 0 Å². The number of carboxylic acids is 1. The Kier molecular flexibility index (Phi) is 38.5. The second kappa shape index (κ2) is 40.7. The van der Waals surface area contributed by atoms with Crippen LogP contribution in [0.1, 0.15) is 168 Å². The van der Waals surface area contributed by atoms with Crippen LogP contribution in [0.3, 0.4) is 0 Å². The molecular weight excluding hydrogens is 757 g/mol. The average molecular weight is 836 g/mol. The van der Waals surface area contributed by atoms with E-state index in [9.17, 15) is 23.8 Å². The monoisotopic (exact) mass is 836 g/mol. The van der Waals surface area contributed by atoms with E-state index in [1.807, 2.05) is 12.2 Å². The molecule has 0 aliphatic rings. The van der Waals surface area contributed by atoms with Gasteiger partial charge in [-0.05, 0) is 77.0 Å². The largest absolute Gasteiger partial charge is 0.480 e. The van der Waals surface area contributed by atoms with Gasteiger partial charge in [0.05, 0.1) is 13.2 Å². The van der Waals surface area contributed by atoms with Crippen molar-refractivity contribution < 1.29 is 47.5 Å². The van der Waals surface area contributed by atoms with Gasteiger partial charge in [0.2, 0.25) is 0 Å². The topological polar surface area (TPSA) is 172 Å². The maximum absolute atomic E-state index is 12.6. The molecule has 1 unspecified atom stereocenters. The van der Waals surface area contributed by atoms with Crippen molar-refractivity contribution in [3.63, 3.8) is 0 Å². The molecule has 0 saturated heterocycles. The maximum atomic E-state index is 12.6. The van der Waals surface area contributed by atoms with Crippen LogP contribution in [0.25, 0.3) is 0 Å². The predicted octanol–water partition coefficient (Wildman–Crippen LogP) is 11.7. The molecule has 11 nitrogen and oxygen atoms in total. The van der Waals surface area contributed by atoms with Gasteiger partial charge in [-0.15, -0.1) is 0 Å². The van der Waals surface area contributed by atoms with Gasteiger partial charge in [-0.1, -0.05) is 151 Å². The van der Waals surface area contributed by atoms with Crippen LogP contribution in [-0.4, -0.2) is 59.9 Å². The SMILES string of the molecule is CCCCC/C=C\C/C=C\C/C=C\C/C=C\C/C=C\CCC(=O)OC[C@H](COP(=O)(O)OC[C@H](N)C(=O)O)OC(=O)CCCCCCCCC/C=C\CCCCCC. The Bertz CT molecular complexity index is 1260. The van der Waals surface area contributed by atoms with E-state index in [-0.39, 0.29) is 19.4 Å². The smallest absolute Gasteiger partial charge is 0.472 e. The van der Waals surface area contributed by atoms with Crippen LogP contribution in [0, 0.1) is 0 Å². The molecule has 332 valence electrons. The highest BCUT2D eigenvalue weighted by atomic mass is 31.2. The van der Waals surface area contributed by atoms with Crippen molar-refractivity contribution in [1.82, 2.24) is 0 Å². The second-order valence-electron chi connectivity index (χ2n) is 14.5. The fourth-order valence-electron chi connectivity index (χ4n) is 5.45. The molecule has 0 rings (SSSR count). The Balaban J connectivity index is 4.50. The zero-order valence-electron chi connectivity index (χ0n) is 35.9. The number of aliphatic carboxylic acids is 1. The summed E-state index contributed by atoms with van der Waals surface area (Å²) in [5, 5.41) is 8.89. The number of hydrogen-bond acceptors (Lipinski definition) is 9. The molecule has 0 saturated carbocycles. The molecule has 4 N–H and O–H groups in total. The van der Waals surface area contributed by atoms with E-state index in [1.54, 1.807) is 0 Å². The Hall–Kier alpha value is -3.08. The Morgan fingerprint density at radius 2 is 0.948 bits per heavy atom. The van der Waals surface area contributed by atoms with E-state index in [0.29, 0.717) is 12.8 Å². The first-order valence-corrected chi connectivity index (χ1v) is 23.5. The lowest BCUT2D eigenvalue weighted by Crippen LogP contribution is -2.34. The van der Waals surface area contributed by atoms with Crippen LogP contribution in [-0.2, 0) is 37.5 Å². The summed E-state index contributed by atoms with van der Waals surface area (Å²) in [6.45, 7) is 2.67. The lowest BCUT2D eigenvalue weighted by molar-refractivity contribution is -0.161. The summed E-state index contributed by atoms with van der Waals surface area (Å²) in [6, 6.07) is -1.53. The molecular formula is C46H78NO10P. The third-order valence-electron chi connectivity index (χ3n) is 8.94. The number of carboxylic acid groups (broad SMARTS) is 1. The Morgan fingerprint density at radius 3 is 1.48 bits per heavy atom. The minimum absolute atomic E-state index is 0.0944. The van der Waals surface area contributed by atoms with E-state index in [1.165, 1.54) is 70.6 Å². The number of ether oxygens (including phenoxy) is 2. The third-order valence-corrected chi connectivity index (χ3v) is 9.89. The Morgan fingerprint density at radius 1 is 0.534 bits per heavy atom. The first-order chi connectivity index (χ1) is 28.1. The summed E-state index contributed by atoms with van der Waals surface area (Å²) in [5.41, 5.74) is 5.33. The van der Waals surface area contributed by atoms with Crippen LogP contribution in [0.15, 0.2) is 72.9 Å². The molecule has 0 spiro atoms. The molecule has 0 aromatic rings. The summed E-state index contributed by atoms with van der Waals surface area (Å²) in [4.78, 5) is 45.9. The summed E-state index contributed by atoms with van der Waals surface area (Å²) in [7, 11) is -4.74. The highest BCUT2D eigenvalue weighted by Gasteiger charge is 2.28. The molecule has 0 aromatic carbocycles. The van der Waals surface area contributed by atoms with Crippen molar-refractivity contribution in [3.8, 4) is 0 Å². The van der Waals surface area contributed by atoms with Gasteiger partial charge in [0.25, 0.3) is 0 Å². The number of phosphoric acid groups is 1. The van der Waals surface area contributed by atoms with Crippen molar-refractivity contribution in [2.75, 3.05) is 19.8 Å². The first-order valence-electron chi connectivity index (χ1n) is 22.0. The number of hydrogen-bond donors (Lipinski definition) is 3. The average Bonchev–Trinajstić information content (AvgIpc) is 3.20. The lowest BCUT2D eigenvalue weighted by atomic mass is 10.1. The summed E-state index contributed by atoms with van der Waals surface area (Å²) in [6.07, 6.45) is 48.3. The van der Waals surface area contributed by atoms with Gasteiger partial charge in [0.15, 0.2) is 6.10 Å². The summed E-state index contributed by atoms with van der Waals surface area (Å²) < 4.78 is 32.6. The third kappa shape index (κ3) is 39.7. The van der Waals surface area contributed by atoms with Gasteiger partial charge < -0.3 is 25.2 Å². The number of esters is 2. The van der Waals surface area contributed by atoms with Crippen molar-refractivity contribution in [2.24, 2.45) is 5.73 Å². The van der Waals surface area contributed by atoms with Crippen LogP contribution >= 0.6 is 7.82 Å². The fraction of sp³-hybridized carbons (Fsp3) is 0.674. The highest BCUT2D eigenvalue weighted by Crippen LogP contribution is 2.43. The molecule has 0 radical (unpaired) electrons. The van der Waals surface area contributed by atoms with Gasteiger partial charge >= 0.3 is 25.7 Å². The van der Waals surface area contributed by atoms with Gasteiger partial charge in [-0.25, -0.2) is 4.57 Å². The number of rotatable bonds is 40. The van der Waals surface area contributed by atoms with Crippen molar-refractivity contribution in [1.29, 1.82) is 0 Å². The zero-order chi connectivity index (χ0) is 42.8. The van der Waals surface area contributed by atoms with E-state index in [0.717, 1.165) is 57.8 Å². The molecule has 0 amide bonds. The van der Waals surface area contributed by atoms with Crippen LogP contribution < -0.4 is 5.73 Å². The molecule has 0 aliphatic heterocycles. The molecule has 0 aliphatic carbocycles. The molecule has 0 heterocycles. The molecule has 12 heteroatoms. The van der Waals surface area contributed by atoms with E-state index >= 15 is 0 Å². The maximum Gasteiger partial charge on any atom is 0.472 e. The fourth-order valence-corrected chi connectivity index (χ4v) is 6.23. The summed E-state index contributed by atoms with van der Waals surface area (Å²) >= 11 is 0. The van der Waals surface area contributed by atoms with Crippen LogP contribution in [0.2, 0.25) is 0 Å². The van der Waals surface area contributed by atoms with Crippen molar-refractivity contribution in [3.05, 3.63) is 72.9 Å². The molecule has 0 aromatic heterocycles. The number of nitrogens with two attached hydrogens (primary N) is 1. The number of phosphoric ester groups is 1. The quantitative estimate of drug-likeness (QED) is 0.0232. The number of carbonyl (C=O) groups is 3. The minimum Gasteiger partial charge on any atom is -0.480 e. The van der Waals surface area contributed by atoms with E-state index in [4.69, 9.17) is 24.8 Å². The number of allylic oxidation sites excluding steroid dienone is 12. The molecule has 0 fully saturated rings. The van der Waals surface area contributed by atoms with Gasteiger partial charge in [0.1, 0.15) is 12.6 Å². The van der Waals surface area contributed by atoms with Crippen molar-refractivity contribution >= 4 is 25.7 Å². The van der Waals surface area contributed by atoms with Gasteiger partial charge in [-0.2, -0.15) is 0 Å². The molecule has 0 bridgehead atoms. The van der Waals surface area contributed by atoms with E-state index < -0.39 is 51.1 Å². The summed E-state index contributed by atoms with van der Waals surface area (Å²) in [5.74, 6) is -2.49. The van der Waals surface area contributed by atoms with Gasteiger partial charge in [-0.3, -0.25) is 23.4 Å². The number of unbranched alkanes of at least 4 members (excludes halogenated alkanes) is 14. The van der Waals surface area contributed by atoms with Crippen molar-refractivity contribution in [2.45, 2.75) is 180 Å². The first kappa shape index (κ1) is 54.9. The van der Waals surface area contributed by atoms with Crippen LogP contribution in [0.5, 0.6) is 0 Å². The number of carbonyl (C=O) groups excluding carboxylic acids is 2. The van der Waals surface area contributed by atoms with E-state index in [2.05, 4.69) is 79.1 Å². The highest BCUT2D eigenvalue weighted by molar-refractivity contribution is 7.47. The van der Waals surface area contributed by atoms with Gasteiger partial charge in [0, 0.05) is 12.8 Å². The molecule has 3 atom stereocenters. The second-order valence-corrected chi connectivity index (χ2v) is 15.9. The predicted molar refractivity (Wildman–Crippen MR) is 235 cm³/mol. The normalized spacial score (nSPS) is 14.4.